The van der Waals surface area contributed by atoms with Gasteiger partial charge in [0.25, 0.3) is 0 Å². The van der Waals surface area contributed by atoms with Crippen molar-refractivity contribution in [2.75, 3.05) is 33.8 Å². The first-order chi connectivity index (χ1) is 13.3. The van der Waals surface area contributed by atoms with Crippen LogP contribution in [0.3, 0.4) is 0 Å². The fraction of sp³-hybridized carbons (Fsp3) is 0.900. The predicted molar refractivity (Wildman–Crippen MR) is 112 cm³/mol. The maximum absolute atomic E-state index is 11.9. The van der Waals surface area contributed by atoms with Crippen LogP contribution >= 0.6 is 0 Å². The molecule has 4 atom stereocenters. The standard InChI is InChI=1S/C12H26N2O2.C8H16N2O2/c1-5-8-10(6-2)14(12(16)13-4)11(7-3)9-15;1-6-4-10(8(11)9-3)5-7(2)12-6/h10-11,15H,5-9H2,1-4H3,(H,13,16);6-7H,4-5H2,1-3H3,(H,9,11)/t;6-,7?/m.0/s1. The van der Waals surface area contributed by atoms with Crippen LogP contribution in [0.1, 0.15) is 60.3 Å². The molecule has 0 radical (unpaired) electrons. The van der Waals surface area contributed by atoms with Gasteiger partial charge < -0.3 is 30.3 Å². The zero-order valence-corrected chi connectivity index (χ0v) is 18.8. The second-order valence-corrected chi connectivity index (χ2v) is 7.28. The molecule has 0 bridgehead atoms. The summed E-state index contributed by atoms with van der Waals surface area (Å²) in [5.41, 5.74) is 0. The fourth-order valence-corrected chi connectivity index (χ4v) is 3.55. The van der Waals surface area contributed by atoms with E-state index < -0.39 is 0 Å². The third-order valence-corrected chi connectivity index (χ3v) is 4.93. The lowest BCUT2D eigenvalue weighted by molar-refractivity contribution is -0.0543. The summed E-state index contributed by atoms with van der Waals surface area (Å²) in [4.78, 5) is 26.7. The molecule has 3 N–H and O–H groups in total. The summed E-state index contributed by atoms with van der Waals surface area (Å²) >= 11 is 0. The molecule has 28 heavy (non-hydrogen) atoms. The Kier molecular flexibility index (Phi) is 13.7. The zero-order chi connectivity index (χ0) is 21.7. The van der Waals surface area contributed by atoms with Crippen LogP contribution in [0, 0.1) is 0 Å². The van der Waals surface area contributed by atoms with E-state index in [-0.39, 0.29) is 43.0 Å². The normalized spacial score (nSPS) is 21.1. The molecule has 1 aliphatic rings. The quantitative estimate of drug-likeness (QED) is 0.609. The van der Waals surface area contributed by atoms with Crippen LogP contribution in [0.5, 0.6) is 0 Å². The van der Waals surface area contributed by atoms with Crippen molar-refractivity contribution in [3.8, 4) is 0 Å². The SMILES string of the molecule is CCCC(CC)N(C(=O)NC)C(CC)CO.CNC(=O)N1CC(C)O[C@@H](C)C1. The number of ether oxygens (including phenoxy) is 1. The Balaban J connectivity index is 0.000000540. The van der Waals surface area contributed by atoms with E-state index in [1.165, 1.54) is 0 Å². The number of aliphatic hydroxyl groups excluding tert-OH is 1. The molecule has 166 valence electrons. The van der Waals surface area contributed by atoms with Crippen molar-refractivity contribution in [2.24, 2.45) is 0 Å². The number of hydrogen-bond donors (Lipinski definition) is 3. The highest BCUT2D eigenvalue weighted by molar-refractivity contribution is 5.74. The minimum absolute atomic E-state index is 0.0167. The van der Waals surface area contributed by atoms with Crippen LogP contribution in [0.15, 0.2) is 0 Å². The molecular formula is C20H42N4O4. The minimum Gasteiger partial charge on any atom is -0.394 e. The maximum atomic E-state index is 11.9. The monoisotopic (exact) mass is 402 g/mol. The second kappa shape index (κ2) is 14.5. The van der Waals surface area contributed by atoms with Crippen LogP contribution in [0.4, 0.5) is 9.59 Å². The van der Waals surface area contributed by atoms with Gasteiger partial charge in [-0.25, -0.2) is 9.59 Å². The van der Waals surface area contributed by atoms with E-state index in [0.29, 0.717) is 13.1 Å². The highest BCUT2D eigenvalue weighted by Crippen LogP contribution is 2.16. The Hall–Kier alpha value is -1.54. The number of urea groups is 2. The number of carbonyl (C=O) groups is 2. The molecule has 0 spiro atoms. The Morgan fingerprint density at radius 2 is 1.61 bits per heavy atom. The number of amides is 4. The van der Waals surface area contributed by atoms with Crippen LogP contribution < -0.4 is 10.6 Å². The summed E-state index contributed by atoms with van der Waals surface area (Å²) in [5.74, 6) is 0. The molecule has 0 aromatic rings. The van der Waals surface area contributed by atoms with Gasteiger partial charge in [-0.2, -0.15) is 0 Å². The van der Waals surface area contributed by atoms with E-state index >= 15 is 0 Å². The number of nitrogens with one attached hydrogen (secondary N) is 2. The molecule has 8 heteroatoms. The topological polar surface area (TPSA) is 94.1 Å². The van der Waals surface area contributed by atoms with Crippen molar-refractivity contribution >= 4 is 12.1 Å². The van der Waals surface area contributed by atoms with Crippen molar-refractivity contribution in [1.82, 2.24) is 20.4 Å². The molecule has 4 amide bonds. The Bertz CT molecular complexity index is 436. The van der Waals surface area contributed by atoms with Gasteiger partial charge in [0, 0.05) is 33.2 Å². The van der Waals surface area contributed by atoms with E-state index in [2.05, 4.69) is 24.5 Å². The van der Waals surface area contributed by atoms with Crippen LogP contribution in [0.2, 0.25) is 0 Å². The van der Waals surface area contributed by atoms with Crippen molar-refractivity contribution in [3.05, 3.63) is 0 Å². The fourth-order valence-electron chi connectivity index (χ4n) is 3.55. The summed E-state index contributed by atoms with van der Waals surface area (Å²) in [6.45, 7) is 11.6. The van der Waals surface area contributed by atoms with E-state index in [9.17, 15) is 14.7 Å². The molecular weight excluding hydrogens is 360 g/mol. The molecule has 3 unspecified atom stereocenters. The van der Waals surface area contributed by atoms with Crippen molar-refractivity contribution in [2.45, 2.75) is 84.6 Å². The average Bonchev–Trinajstić information content (AvgIpc) is 2.69. The van der Waals surface area contributed by atoms with E-state index in [1.54, 1.807) is 19.0 Å². The molecule has 1 aliphatic heterocycles. The van der Waals surface area contributed by atoms with Crippen molar-refractivity contribution in [1.29, 1.82) is 0 Å². The third kappa shape index (κ3) is 8.65. The van der Waals surface area contributed by atoms with Crippen LogP contribution in [-0.4, -0.2) is 85.1 Å². The highest BCUT2D eigenvalue weighted by Gasteiger charge is 2.27. The predicted octanol–water partition coefficient (Wildman–Crippen LogP) is 2.41. The number of carbonyl (C=O) groups excluding carboxylic acids is 2. The van der Waals surface area contributed by atoms with Gasteiger partial charge in [0.2, 0.25) is 0 Å². The Morgan fingerprint density at radius 3 is 1.96 bits per heavy atom. The number of nitrogens with zero attached hydrogens (tertiary/aromatic N) is 2. The first-order valence-electron chi connectivity index (χ1n) is 10.5. The number of hydrogen-bond acceptors (Lipinski definition) is 4. The molecule has 0 aromatic carbocycles. The molecule has 0 saturated carbocycles. The number of aliphatic hydroxyl groups is 1. The summed E-state index contributed by atoms with van der Waals surface area (Å²) in [5, 5.41) is 14.6. The molecule has 0 aromatic heterocycles. The summed E-state index contributed by atoms with van der Waals surface area (Å²) in [7, 11) is 3.28. The Labute approximate surface area is 171 Å². The van der Waals surface area contributed by atoms with Crippen LogP contribution in [0.25, 0.3) is 0 Å². The largest absolute Gasteiger partial charge is 0.394 e. The highest BCUT2D eigenvalue weighted by atomic mass is 16.5. The lowest BCUT2D eigenvalue weighted by Gasteiger charge is -2.36. The first kappa shape index (κ1) is 26.5. The molecule has 1 heterocycles. The van der Waals surface area contributed by atoms with Gasteiger partial charge in [0.1, 0.15) is 0 Å². The van der Waals surface area contributed by atoms with Crippen molar-refractivity contribution < 1.29 is 19.4 Å². The first-order valence-corrected chi connectivity index (χ1v) is 10.5. The van der Waals surface area contributed by atoms with Gasteiger partial charge in [-0.1, -0.05) is 27.2 Å². The summed E-state index contributed by atoms with van der Waals surface area (Å²) < 4.78 is 5.49. The Morgan fingerprint density at radius 1 is 1.07 bits per heavy atom. The van der Waals surface area contributed by atoms with Gasteiger partial charge in [0.15, 0.2) is 0 Å². The third-order valence-electron chi connectivity index (χ3n) is 4.93. The van der Waals surface area contributed by atoms with Gasteiger partial charge in [-0.05, 0) is 33.1 Å². The molecule has 1 saturated heterocycles. The average molecular weight is 403 g/mol. The van der Waals surface area contributed by atoms with Gasteiger partial charge in [-0.3, -0.25) is 0 Å². The van der Waals surface area contributed by atoms with E-state index in [4.69, 9.17) is 4.74 Å². The molecule has 1 rings (SSSR count). The van der Waals surface area contributed by atoms with Gasteiger partial charge in [0.05, 0.1) is 24.9 Å². The lowest BCUT2D eigenvalue weighted by Crippen LogP contribution is -2.51. The molecule has 8 nitrogen and oxygen atoms in total. The molecule has 1 fully saturated rings. The number of morpholine rings is 1. The van der Waals surface area contributed by atoms with E-state index in [0.717, 1.165) is 25.7 Å². The molecule has 0 aliphatic carbocycles. The zero-order valence-electron chi connectivity index (χ0n) is 18.8. The van der Waals surface area contributed by atoms with Crippen molar-refractivity contribution in [3.63, 3.8) is 0 Å². The summed E-state index contributed by atoms with van der Waals surface area (Å²) in [6.07, 6.45) is 4.04. The maximum Gasteiger partial charge on any atom is 0.317 e. The lowest BCUT2D eigenvalue weighted by atomic mass is 10.0. The summed E-state index contributed by atoms with van der Waals surface area (Å²) in [6, 6.07) is 0.0525. The van der Waals surface area contributed by atoms with Gasteiger partial charge >= 0.3 is 12.1 Å². The number of rotatable bonds is 7. The minimum atomic E-state index is -0.0822. The second-order valence-electron chi connectivity index (χ2n) is 7.28. The van der Waals surface area contributed by atoms with E-state index in [1.807, 2.05) is 25.7 Å². The smallest absolute Gasteiger partial charge is 0.317 e. The van der Waals surface area contributed by atoms with Gasteiger partial charge in [-0.15, -0.1) is 0 Å². The van der Waals surface area contributed by atoms with Crippen LogP contribution in [-0.2, 0) is 4.74 Å².